The van der Waals surface area contributed by atoms with Crippen LogP contribution in [0.2, 0.25) is 0 Å². The van der Waals surface area contributed by atoms with Gasteiger partial charge in [0.1, 0.15) is 11.4 Å². The predicted molar refractivity (Wildman–Crippen MR) is 85.6 cm³/mol. The Morgan fingerprint density at radius 2 is 2.14 bits per heavy atom. The van der Waals surface area contributed by atoms with Crippen LogP contribution < -0.4 is 10.1 Å². The van der Waals surface area contributed by atoms with Gasteiger partial charge in [-0.2, -0.15) is 0 Å². The first-order valence-electron chi connectivity index (χ1n) is 7.80. The summed E-state index contributed by atoms with van der Waals surface area (Å²) in [6.45, 7) is 7.11. The lowest BCUT2D eigenvalue weighted by Crippen LogP contribution is -2.46. The molecule has 2 heterocycles. The number of carbonyl (C=O) groups is 1. The average Bonchev–Trinajstić information content (AvgIpc) is 2.82. The second-order valence-electron chi connectivity index (χ2n) is 7.03. The van der Waals surface area contributed by atoms with Crippen molar-refractivity contribution in [2.24, 2.45) is 0 Å². The van der Waals surface area contributed by atoms with E-state index in [0.717, 1.165) is 24.4 Å². The Morgan fingerprint density at radius 3 is 2.82 bits per heavy atom. The van der Waals surface area contributed by atoms with Crippen LogP contribution in [0.3, 0.4) is 0 Å². The summed E-state index contributed by atoms with van der Waals surface area (Å²) in [7, 11) is 1.68. The molecule has 5 heteroatoms. The molecule has 22 heavy (non-hydrogen) atoms. The fraction of sp³-hybridized carbons (Fsp3) is 0.588. The monoisotopic (exact) mass is 304 g/mol. The standard InChI is InChI=1S/C17H24N2O3/c1-17(2,3)22-16(20)19-8-7-15-13(10-19)12-9-11(21-4)5-6-14(12)18-15/h5-6,9,13,15,18H,7-8,10H2,1-4H3/t13-,15-/m0/s1. The molecule has 2 aliphatic rings. The summed E-state index contributed by atoms with van der Waals surface area (Å²) in [4.78, 5) is 14.1. The minimum Gasteiger partial charge on any atom is -0.497 e. The lowest BCUT2D eigenvalue weighted by molar-refractivity contribution is 0.0195. The fourth-order valence-electron chi connectivity index (χ4n) is 3.24. The first-order valence-corrected chi connectivity index (χ1v) is 7.80. The van der Waals surface area contributed by atoms with Crippen LogP contribution in [0.1, 0.15) is 38.7 Å². The Kier molecular flexibility index (Phi) is 3.67. The van der Waals surface area contributed by atoms with E-state index < -0.39 is 5.60 Å². The van der Waals surface area contributed by atoms with Crippen molar-refractivity contribution in [2.75, 3.05) is 25.5 Å². The summed E-state index contributed by atoms with van der Waals surface area (Å²) < 4.78 is 10.8. The molecule has 0 aromatic heterocycles. The molecule has 1 saturated heterocycles. The normalized spacial score (nSPS) is 23.4. The van der Waals surface area contributed by atoms with Gasteiger partial charge in [0, 0.05) is 30.7 Å². The van der Waals surface area contributed by atoms with Gasteiger partial charge >= 0.3 is 6.09 Å². The van der Waals surface area contributed by atoms with E-state index in [2.05, 4.69) is 17.4 Å². The number of piperidine rings is 1. The third kappa shape index (κ3) is 2.85. The minimum absolute atomic E-state index is 0.220. The number of likely N-dealkylation sites (tertiary alicyclic amines) is 1. The van der Waals surface area contributed by atoms with Gasteiger partial charge in [0.15, 0.2) is 0 Å². The molecule has 0 aliphatic carbocycles. The number of carbonyl (C=O) groups excluding carboxylic acids is 1. The molecular weight excluding hydrogens is 280 g/mol. The maximum atomic E-state index is 12.3. The van der Waals surface area contributed by atoms with Crippen LogP contribution in [0, 0.1) is 0 Å². The zero-order chi connectivity index (χ0) is 15.9. The molecule has 0 saturated carbocycles. The number of fused-ring (bicyclic) bond motifs is 3. The number of rotatable bonds is 1. The second kappa shape index (κ2) is 5.38. The number of benzene rings is 1. The van der Waals surface area contributed by atoms with E-state index in [1.165, 1.54) is 5.56 Å². The fourth-order valence-corrected chi connectivity index (χ4v) is 3.24. The maximum absolute atomic E-state index is 12.3. The number of hydrogen-bond donors (Lipinski definition) is 1. The number of nitrogens with zero attached hydrogens (tertiary/aromatic N) is 1. The summed E-state index contributed by atoms with van der Waals surface area (Å²) in [5.41, 5.74) is 1.93. The van der Waals surface area contributed by atoms with Crippen LogP contribution in [0.5, 0.6) is 5.75 Å². The van der Waals surface area contributed by atoms with Crippen molar-refractivity contribution < 1.29 is 14.3 Å². The lowest BCUT2D eigenvalue weighted by Gasteiger charge is -2.36. The van der Waals surface area contributed by atoms with Crippen molar-refractivity contribution in [2.45, 2.75) is 44.8 Å². The number of ether oxygens (including phenoxy) is 2. The van der Waals surface area contributed by atoms with Crippen molar-refractivity contribution in [3.05, 3.63) is 23.8 Å². The van der Waals surface area contributed by atoms with Crippen LogP contribution in [0.4, 0.5) is 10.5 Å². The molecule has 1 amide bonds. The quantitative estimate of drug-likeness (QED) is 0.865. The van der Waals surface area contributed by atoms with Crippen molar-refractivity contribution in [1.82, 2.24) is 4.90 Å². The maximum Gasteiger partial charge on any atom is 0.410 e. The topological polar surface area (TPSA) is 50.8 Å². The number of methoxy groups -OCH3 is 1. The molecule has 120 valence electrons. The van der Waals surface area contributed by atoms with E-state index in [4.69, 9.17) is 9.47 Å². The van der Waals surface area contributed by atoms with Crippen molar-refractivity contribution >= 4 is 11.8 Å². The van der Waals surface area contributed by atoms with Crippen LogP contribution in [-0.2, 0) is 4.74 Å². The number of hydrogen-bond acceptors (Lipinski definition) is 4. The first-order chi connectivity index (χ1) is 10.4. The molecule has 0 spiro atoms. The summed E-state index contributed by atoms with van der Waals surface area (Å²) in [5.74, 6) is 1.15. The summed E-state index contributed by atoms with van der Waals surface area (Å²) in [6.07, 6.45) is 0.711. The zero-order valence-electron chi connectivity index (χ0n) is 13.7. The smallest absolute Gasteiger partial charge is 0.410 e. The highest BCUT2D eigenvalue weighted by Crippen LogP contribution is 2.41. The van der Waals surface area contributed by atoms with Gasteiger partial charge in [0.05, 0.1) is 7.11 Å². The zero-order valence-corrected chi connectivity index (χ0v) is 13.7. The van der Waals surface area contributed by atoms with E-state index in [1.54, 1.807) is 7.11 Å². The van der Waals surface area contributed by atoms with E-state index in [-0.39, 0.29) is 6.09 Å². The Balaban J connectivity index is 1.77. The highest BCUT2D eigenvalue weighted by atomic mass is 16.6. The van der Waals surface area contributed by atoms with Crippen LogP contribution >= 0.6 is 0 Å². The Bertz CT molecular complexity index is 580. The number of anilines is 1. The Hall–Kier alpha value is -1.91. The molecule has 5 nitrogen and oxygen atoms in total. The molecular formula is C17H24N2O3. The third-order valence-electron chi connectivity index (χ3n) is 4.26. The summed E-state index contributed by atoms with van der Waals surface area (Å²) in [6, 6.07) is 6.49. The van der Waals surface area contributed by atoms with E-state index in [9.17, 15) is 4.79 Å². The van der Waals surface area contributed by atoms with Gasteiger partial charge in [-0.15, -0.1) is 0 Å². The molecule has 1 N–H and O–H groups in total. The molecule has 3 rings (SSSR count). The highest BCUT2D eigenvalue weighted by molar-refractivity contribution is 5.69. The number of nitrogens with one attached hydrogen (secondary N) is 1. The molecule has 0 unspecified atom stereocenters. The third-order valence-corrected chi connectivity index (χ3v) is 4.26. The summed E-state index contributed by atoms with van der Waals surface area (Å²) in [5, 5.41) is 3.56. The van der Waals surface area contributed by atoms with Gasteiger partial charge in [-0.3, -0.25) is 0 Å². The average molecular weight is 304 g/mol. The van der Waals surface area contributed by atoms with Gasteiger partial charge in [-0.1, -0.05) is 0 Å². The second-order valence-corrected chi connectivity index (χ2v) is 7.03. The molecule has 0 bridgehead atoms. The van der Waals surface area contributed by atoms with Gasteiger partial charge in [0.2, 0.25) is 0 Å². The van der Waals surface area contributed by atoms with E-state index in [0.29, 0.717) is 18.5 Å². The van der Waals surface area contributed by atoms with Crippen molar-refractivity contribution in [1.29, 1.82) is 0 Å². The van der Waals surface area contributed by atoms with Crippen molar-refractivity contribution in [3.63, 3.8) is 0 Å². The van der Waals surface area contributed by atoms with Gasteiger partial charge in [-0.05, 0) is 51.0 Å². The van der Waals surface area contributed by atoms with Gasteiger partial charge in [0.25, 0.3) is 0 Å². The Labute approximate surface area is 131 Å². The van der Waals surface area contributed by atoms with Gasteiger partial charge < -0.3 is 19.7 Å². The lowest BCUT2D eigenvalue weighted by atomic mass is 9.89. The SMILES string of the molecule is COc1ccc2c(c1)[C@@H]1CN(C(=O)OC(C)(C)C)CC[C@@H]1N2. The summed E-state index contributed by atoms with van der Waals surface area (Å²) >= 11 is 0. The molecule has 1 aromatic carbocycles. The van der Waals surface area contributed by atoms with Crippen LogP contribution in [-0.4, -0.2) is 42.8 Å². The van der Waals surface area contributed by atoms with Crippen LogP contribution in [0.15, 0.2) is 18.2 Å². The van der Waals surface area contributed by atoms with E-state index >= 15 is 0 Å². The minimum atomic E-state index is -0.455. The molecule has 0 radical (unpaired) electrons. The molecule has 2 atom stereocenters. The predicted octanol–water partition coefficient (Wildman–Crippen LogP) is 3.21. The van der Waals surface area contributed by atoms with E-state index in [1.807, 2.05) is 31.7 Å². The Morgan fingerprint density at radius 1 is 1.36 bits per heavy atom. The van der Waals surface area contributed by atoms with Gasteiger partial charge in [-0.25, -0.2) is 4.79 Å². The molecule has 1 aromatic rings. The highest BCUT2D eigenvalue weighted by Gasteiger charge is 2.39. The molecule has 1 fully saturated rings. The number of amides is 1. The van der Waals surface area contributed by atoms with Crippen molar-refractivity contribution in [3.8, 4) is 5.75 Å². The largest absolute Gasteiger partial charge is 0.497 e. The molecule has 2 aliphatic heterocycles. The van der Waals surface area contributed by atoms with Crippen LogP contribution in [0.25, 0.3) is 0 Å². The first kappa shape index (κ1) is 15.0.